The number of alkyl carbamates (subject to hydrolysis) is 1. The number of likely N-dealkylation sites (tertiary alicyclic amines) is 1. The number of sulfonamides is 1. The van der Waals surface area contributed by atoms with Crippen LogP contribution in [0, 0.1) is 54.9 Å². The molecule has 2 heterocycles. The van der Waals surface area contributed by atoms with Gasteiger partial charge in [0.2, 0.25) is 21.8 Å². The van der Waals surface area contributed by atoms with Crippen molar-refractivity contribution < 1.29 is 77.0 Å². The first-order valence-corrected chi connectivity index (χ1v) is 20.4. The van der Waals surface area contributed by atoms with E-state index < -0.39 is 86.2 Å². The molecule has 56 heavy (non-hydrogen) atoms. The fourth-order valence-corrected chi connectivity index (χ4v) is 8.27. The average Bonchev–Trinajstić information content (AvgIpc) is 4.02. The van der Waals surface area contributed by atoms with E-state index in [4.69, 9.17) is 9.47 Å². The van der Waals surface area contributed by atoms with Gasteiger partial charge in [-0.2, -0.15) is 17.5 Å². The summed E-state index contributed by atoms with van der Waals surface area (Å²) >= 11 is 0. The number of aromatic nitrogens is 1. The molecule has 1 aromatic carbocycles. The number of hydrogen-bond acceptors (Lipinski definition) is 9. The smallest absolute Gasteiger partial charge is 0.408 e. The van der Waals surface area contributed by atoms with Crippen LogP contribution >= 0.6 is 0 Å². The third kappa shape index (κ3) is 10.4. The summed E-state index contributed by atoms with van der Waals surface area (Å²) in [6.07, 6.45) is 5.04. The largest absolute Gasteiger partial charge is 0.482 e. The average molecular weight is 1030 g/mol. The summed E-state index contributed by atoms with van der Waals surface area (Å²) in [5.74, 6) is -6.42. The molecule has 4 amide bonds. The number of amides is 4. The van der Waals surface area contributed by atoms with Gasteiger partial charge in [-0.25, -0.2) is 27.0 Å². The predicted molar refractivity (Wildman–Crippen MR) is 200 cm³/mol. The number of carbonyl (C=O) groups excluding carboxylic acids is 4. The SMILES string of the molecule is CC/C=C\[C@@H]1C[C@]1(NC(=O)[C@@H]1C[C@@H](Oc2nc[c-]c3ccccc23)CN1C(=O)[C@@H](NC(=O)OC(C)(C)C(C)(F)F)[C@H](C)CC(C)C)C(=O)NS(=O)(=O)C1CC1.[U]. The van der Waals surface area contributed by atoms with E-state index in [1.807, 2.05) is 39.0 Å². The molecular weight excluding hydrogens is 975 g/mol. The fraction of sp³-hybridized carbons (Fsp3) is 0.615. The normalized spacial score (nSPS) is 23.6. The Morgan fingerprint density at radius 1 is 1.12 bits per heavy atom. The molecule has 3 aliphatic rings. The van der Waals surface area contributed by atoms with Gasteiger partial charge in [0.1, 0.15) is 23.7 Å². The molecule has 1 saturated heterocycles. The van der Waals surface area contributed by atoms with Crippen molar-refractivity contribution in [3.63, 3.8) is 0 Å². The Balaban J connectivity index is 0.00000696. The van der Waals surface area contributed by atoms with Crippen molar-refractivity contribution in [2.45, 2.75) is 127 Å². The number of halogens is 2. The Morgan fingerprint density at radius 2 is 1.80 bits per heavy atom. The van der Waals surface area contributed by atoms with Crippen molar-refractivity contribution in [1.82, 2.24) is 25.2 Å². The summed E-state index contributed by atoms with van der Waals surface area (Å²) in [6, 6.07) is 7.75. The monoisotopic (exact) mass is 1030 g/mol. The predicted octanol–water partition coefficient (Wildman–Crippen LogP) is 5.04. The summed E-state index contributed by atoms with van der Waals surface area (Å²) in [5, 5.41) is 6.02. The van der Waals surface area contributed by atoms with Gasteiger partial charge in [-0.3, -0.25) is 19.1 Å². The van der Waals surface area contributed by atoms with Crippen molar-refractivity contribution in [3.05, 3.63) is 48.7 Å². The first-order valence-electron chi connectivity index (χ1n) is 18.8. The van der Waals surface area contributed by atoms with Crippen LogP contribution in [0.1, 0.15) is 87.0 Å². The number of ether oxygens (including phenoxy) is 2. The first kappa shape index (κ1) is 45.4. The van der Waals surface area contributed by atoms with Crippen molar-refractivity contribution in [2.75, 3.05) is 6.54 Å². The maximum absolute atomic E-state index is 14.7. The number of pyridine rings is 1. The number of rotatable bonds is 16. The fourth-order valence-electron chi connectivity index (χ4n) is 6.90. The van der Waals surface area contributed by atoms with Crippen LogP contribution in [0.25, 0.3) is 10.8 Å². The van der Waals surface area contributed by atoms with Crippen LogP contribution in [0.15, 0.2) is 42.6 Å². The minimum atomic E-state index is -3.95. The van der Waals surface area contributed by atoms with Gasteiger partial charge in [0.15, 0.2) is 11.5 Å². The van der Waals surface area contributed by atoms with E-state index >= 15 is 0 Å². The molecule has 0 radical (unpaired) electrons. The van der Waals surface area contributed by atoms with Crippen molar-refractivity contribution in [1.29, 1.82) is 0 Å². The second-order valence-electron chi connectivity index (χ2n) is 16.0. The van der Waals surface area contributed by atoms with Gasteiger partial charge in [-0.1, -0.05) is 51.3 Å². The molecule has 6 atom stereocenters. The molecule has 17 heteroatoms. The zero-order valence-electron chi connectivity index (χ0n) is 32.9. The number of hydrogen-bond donors (Lipinski definition) is 3. The van der Waals surface area contributed by atoms with Gasteiger partial charge < -0.3 is 25.0 Å². The maximum Gasteiger partial charge on any atom is 0.408 e. The van der Waals surface area contributed by atoms with Crippen LogP contribution in [0.3, 0.4) is 0 Å². The van der Waals surface area contributed by atoms with E-state index in [0.717, 1.165) is 19.2 Å². The number of alkyl halides is 2. The van der Waals surface area contributed by atoms with E-state index in [1.165, 1.54) is 11.1 Å². The van der Waals surface area contributed by atoms with E-state index in [9.17, 15) is 36.4 Å². The second-order valence-corrected chi connectivity index (χ2v) is 18.0. The molecule has 0 spiro atoms. The molecule has 0 bridgehead atoms. The van der Waals surface area contributed by atoms with Crippen LogP contribution in [0.5, 0.6) is 5.88 Å². The number of carbonyl (C=O) groups is 4. The van der Waals surface area contributed by atoms with Gasteiger partial charge in [0.25, 0.3) is 11.8 Å². The molecule has 5 rings (SSSR count). The molecule has 2 saturated carbocycles. The zero-order valence-corrected chi connectivity index (χ0v) is 37.8. The molecular formula is C39H52F2N5O8SU-. The van der Waals surface area contributed by atoms with E-state index in [0.29, 0.717) is 38.0 Å². The maximum atomic E-state index is 14.7. The Hall–Kier alpha value is -3.29. The third-order valence-corrected chi connectivity index (χ3v) is 12.4. The summed E-state index contributed by atoms with van der Waals surface area (Å²) in [5.41, 5.74) is -3.80. The summed E-state index contributed by atoms with van der Waals surface area (Å²) in [4.78, 5) is 61.5. The van der Waals surface area contributed by atoms with Gasteiger partial charge in [0, 0.05) is 50.4 Å². The number of fused-ring (bicyclic) bond motifs is 1. The van der Waals surface area contributed by atoms with Crippen LogP contribution < -0.4 is 20.1 Å². The Morgan fingerprint density at radius 3 is 2.43 bits per heavy atom. The van der Waals surface area contributed by atoms with E-state index in [-0.39, 0.29) is 62.3 Å². The number of allylic oxidation sites excluding steroid dienone is 1. The Kier molecular flexibility index (Phi) is 14.3. The standard InChI is InChI=1S/C39H52F2N5O8S.U/c1-8-9-13-26-21-39(26,35(49)45-55(51,52)28-15-16-28)44-32(47)30-20-27(53-33-29-14-11-10-12-25(29)17-18-42-33)22-46(30)34(48)31(24(4)19-23(2)3)43-36(50)54-37(5,6)38(7,40)41;/h9-14,18,23-24,26-28,30-31H,8,15-16,19-22H2,1-7H3,(H,43,50)(H,44,47)(H,45,49);/q-1;/b13-9-;/t24-,26-,27-,30+,31+,39-;/m1./s1. The topological polar surface area (TPSA) is 173 Å². The van der Waals surface area contributed by atoms with Gasteiger partial charge in [-0.05, 0) is 64.0 Å². The number of nitrogens with zero attached hydrogens (tertiary/aromatic N) is 2. The molecule has 3 fully saturated rings. The van der Waals surface area contributed by atoms with Crippen LogP contribution in [0.4, 0.5) is 13.6 Å². The molecule has 0 unspecified atom stereocenters. The quantitative estimate of drug-likeness (QED) is 0.154. The molecule has 1 aromatic heterocycles. The summed E-state index contributed by atoms with van der Waals surface area (Å²) < 4.78 is 67.9. The molecule has 3 N–H and O–H groups in total. The zero-order chi connectivity index (χ0) is 40.5. The number of nitrogens with one attached hydrogen (secondary N) is 3. The minimum absolute atomic E-state index is 0. The van der Waals surface area contributed by atoms with Crippen molar-refractivity contribution in [2.24, 2.45) is 17.8 Å². The van der Waals surface area contributed by atoms with Gasteiger partial charge in [0.05, 0.1) is 11.8 Å². The molecule has 1 aliphatic heterocycles. The van der Waals surface area contributed by atoms with Gasteiger partial charge >= 0.3 is 6.09 Å². The second kappa shape index (κ2) is 17.7. The molecule has 2 aliphatic carbocycles. The van der Waals surface area contributed by atoms with Crippen LogP contribution in [0.2, 0.25) is 0 Å². The number of benzene rings is 1. The van der Waals surface area contributed by atoms with E-state index in [1.54, 1.807) is 25.1 Å². The van der Waals surface area contributed by atoms with Crippen LogP contribution in [-0.4, -0.2) is 89.2 Å². The molecule has 306 valence electrons. The van der Waals surface area contributed by atoms with Crippen LogP contribution in [-0.2, 0) is 29.1 Å². The third-order valence-electron chi connectivity index (χ3n) is 10.6. The van der Waals surface area contributed by atoms with E-state index in [2.05, 4.69) is 26.4 Å². The van der Waals surface area contributed by atoms with Crippen molar-refractivity contribution in [3.8, 4) is 5.88 Å². The molecule has 2 aromatic rings. The Bertz CT molecular complexity index is 1920. The summed E-state index contributed by atoms with van der Waals surface area (Å²) in [7, 11) is -3.95. The molecule has 13 nitrogen and oxygen atoms in total. The minimum Gasteiger partial charge on any atom is -0.482 e. The first-order chi connectivity index (χ1) is 25.7. The van der Waals surface area contributed by atoms with Gasteiger partial charge in [-0.15, -0.1) is 12.1 Å². The Labute approximate surface area is 351 Å². The summed E-state index contributed by atoms with van der Waals surface area (Å²) in [6.45, 7) is 10.1. The van der Waals surface area contributed by atoms with Crippen molar-refractivity contribution >= 4 is 44.6 Å².